The molecule has 3 aromatic heterocycles. The zero-order valence-corrected chi connectivity index (χ0v) is 28.4. The molecule has 0 radical (unpaired) electrons. The van der Waals surface area contributed by atoms with E-state index in [1.54, 1.807) is 0 Å². The molecule has 2 aliphatic rings. The molecule has 0 spiro atoms. The summed E-state index contributed by atoms with van der Waals surface area (Å²) in [7, 11) is 1.47. The van der Waals surface area contributed by atoms with Crippen LogP contribution >= 0.6 is 11.3 Å². The van der Waals surface area contributed by atoms with Gasteiger partial charge in [-0.3, -0.25) is 9.78 Å². The maximum absolute atomic E-state index is 14.6. The fourth-order valence-corrected chi connectivity index (χ4v) is 7.38. The second-order valence-electron chi connectivity index (χ2n) is 13.8. The number of methoxy groups -OCH3 is 1. The molecule has 1 aliphatic carbocycles. The number of carbonyl (C=O) groups excluding carboxylic acids is 1. The van der Waals surface area contributed by atoms with E-state index in [1.807, 2.05) is 24.3 Å². The smallest absolute Gasteiger partial charge is 0.280 e. The Morgan fingerprint density at radius 2 is 1.91 bits per heavy atom. The van der Waals surface area contributed by atoms with Crippen LogP contribution in [0, 0.1) is 17.2 Å². The molecule has 11 heteroatoms. The van der Waals surface area contributed by atoms with Gasteiger partial charge in [0, 0.05) is 44.1 Å². The van der Waals surface area contributed by atoms with E-state index < -0.39 is 5.82 Å². The summed E-state index contributed by atoms with van der Waals surface area (Å²) in [6, 6.07) is 10.9. The third-order valence-corrected chi connectivity index (χ3v) is 10.5. The summed E-state index contributed by atoms with van der Waals surface area (Å²) in [5, 5.41) is 13.6. The molecular formula is C36H44FN5O4S. The molecule has 1 aliphatic heterocycles. The largest absolute Gasteiger partial charge is 0.463 e. The average Bonchev–Trinajstić information content (AvgIpc) is 3.48. The number of hydrogen-bond donors (Lipinski definition) is 2. The number of aryl methyl sites for hydroxylation is 1. The van der Waals surface area contributed by atoms with E-state index in [0.29, 0.717) is 23.0 Å². The minimum absolute atomic E-state index is 0.0274. The van der Waals surface area contributed by atoms with Gasteiger partial charge in [-0.05, 0) is 67.1 Å². The molecule has 1 amide bonds. The van der Waals surface area contributed by atoms with Crippen molar-refractivity contribution in [3.8, 4) is 17.0 Å². The first kappa shape index (κ1) is 33.4. The molecule has 0 bridgehead atoms. The third kappa shape index (κ3) is 7.97. The second-order valence-corrected chi connectivity index (χ2v) is 14.8. The zero-order valence-electron chi connectivity index (χ0n) is 27.6. The van der Waals surface area contributed by atoms with Crippen molar-refractivity contribution in [2.75, 3.05) is 33.5 Å². The van der Waals surface area contributed by atoms with Crippen LogP contribution in [0.2, 0.25) is 0 Å². The number of halogens is 1. The van der Waals surface area contributed by atoms with Gasteiger partial charge < -0.3 is 24.8 Å². The molecule has 250 valence electrons. The van der Waals surface area contributed by atoms with E-state index in [1.165, 1.54) is 36.3 Å². The predicted molar refractivity (Wildman–Crippen MR) is 181 cm³/mol. The lowest BCUT2D eigenvalue weighted by molar-refractivity contribution is 0.0480. The Hall–Kier alpha value is -3.51. The molecule has 6 rings (SSSR count). The molecule has 4 aromatic rings. The number of aliphatic hydroxyl groups excluding tert-OH is 1. The standard InChI is InChI=1S/C36H44FN5O4S/c1-36(2,3)25-9-10-28-24(17-25)18-31-34(40-28)47-35(41-31)33(44)39-29(13-16-42-14-11-26(43)12-15-42)22-5-7-23(8-6-22)30-19-27(37)32(20-38-30)46-21-45-4/h5-8,18-20,25-26,29,43H,9-17,21H2,1-4H3,(H,39,44)/t25-,29?/m0/s1. The van der Waals surface area contributed by atoms with Crippen molar-refractivity contribution in [3.63, 3.8) is 0 Å². The summed E-state index contributed by atoms with van der Waals surface area (Å²) < 4.78 is 24.7. The fourth-order valence-electron chi connectivity index (χ4n) is 6.54. The van der Waals surface area contributed by atoms with Gasteiger partial charge in [0.05, 0.1) is 24.0 Å². The van der Waals surface area contributed by atoms with Crippen LogP contribution < -0.4 is 10.1 Å². The van der Waals surface area contributed by atoms with Gasteiger partial charge in [0.15, 0.2) is 23.4 Å². The predicted octanol–water partition coefficient (Wildman–Crippen LogP) is 6.34. The quantitative estimate of drug-likeness (QED) is 0.190. The Balaban J connectivity index is 1.20. The molecule has 2 N–H and O–H groups in total. The van der Waals surface area contributed by atoms with Crippen molar-refractivity contribution in [1.29, 1.82) is 0 Å². The fraction of sp³-hybridized carbons (Fsp3) is 0.500. The van der Waals surface area contributed by atoms with Crippen molar-refractivity contribution in [2.24, 2.45) is 11.3 Å². The van der Waals surface area contributed by atoms with Crippen LogP contribution in [0.15, 0.2) is 42.6 Å². The highest BCUT2D eigenvalue weighted by Gasteiger charge is 2.30. The van der Waals surface area contributed by atoms with Crippen LogP contribution in [0.4, 0.5) is 4.39 Å². The van der Waals surface area contributed by atoms with Crippen LogP contribution in [0.5, 0.6) is 5.75 Å². The van der Waals surface area contributed by atoms with E-state index >= 15 is 0 Å². The van der Waals surface area contributed by atoms with E-state index in [9.17, 15) is 14.3 Å². The number of likely N-dealkylation sites (tertiary alicyclic amines) is 1. The topological polar surface area (TPSA) is 110 Å². The number of rotatable bonds is 10. The lowest BCUT2D eigenvalue weighted by Gasteiger charge is -2.34. The summed E-state index contributed by atoms with van der Waals surface area (Å²) in [6.07, 6.45) is 6.36. The van der Waals surface area contributed by atoms with Crippen molar-refractivity contribution in [1.82, 2.24) is 25.2 Å². The van der Waals surface area contributed by atoms with E-state index in [0.717, 1.165) is 78.9 Å². The first-order chi connectivity index (χ1) is 22.6. The SMILES string of the molecule is COCOc1cnc(-c2ccc(C(CCN3CCC(O)CC3)NC(=O)c3nc4cc5c(nc4s3)CC[C@H](C(C)(C)C)C5)cc2)cc1F. The number of nitrogens with zero attached hydrogens (tertiary/aromatic N) is 4. The Morgan fingerprint density at radius 1 is 1.15 bits per heavy atom. The van der Waals surface area contributed by atoms with Crippen LogP contribution in [0.3, 0.4) is 0 Å². The Kier molecular flexibility index (Phi) is 10.2. The van der Waals surface area contributed by atoms with Crippen molar-refractivity contribution in [3.05, 3.63) is 70.2 Å². The number of thiazole rings is 1. The van der Waals surface area contributed by atoms with Gasteiger partial charge in [0.1, 0.15) is 10.3 Å². The van der Waals surface area contributed by atoms with Crippen LogP contribution in [0.25, 0.3) is 21.6 Å². The normalized spacial score (nSPS) is 18.2. The van der Waals surface area contributed by atoms with Gasteiger partial charge in [0.25, 0.3) is 5.91 Å². The van der Waals surface area contributed by atoms with Crippen LogP contribution in [0.1, 0.15) is 79.1 Å². The van der Waals surface area contributed by atoms with E-state index in [2.05, 4.69) is 42.0 Å². The number of carbonyl (C=O) groups is 1. The monoisotopic (exact) mass is 661 g/mol. The molecular weight excluding hydrogens is 617 g/mol. The summed E-state index contributed by atoms with van der Waals surface area (Å²) >= 11 is 1.34. The minimum Gasteiger partial charge on any atom is -0.463 e. The number of pyridine rings is 2. The van der Waals surface area contributed by atoms with Gasteiger partial charge >= 0.3 is 0 Å². The first-order valence-corrected chi connectivity index (χ1v) is 17.3. The van der Waals surface area contributed by atoms with Gasteiger partial charge in [-0.2, -0.15) is 0 Å². The van der Waals surface area contributed by atoms with Crippen LogP contribution in [-0.2, 0) is 17.6 Å². The van der Waals surface area contributed by atoms with Crippen molar-refractivity contribution in [2.45, 2.75) is 71.4 Å². The molecule has 1 saturated heterocycles. The number of piperidine rings is 1. The Labute approximate surface area is 279 Å². The number of fused-ring (bicyclic) bond motifs is 2. The highest BCUT2D eigenvalue weighted by molar-refractivity contribution is 7.19. The molecule has 2 atom stereocenters. The molecule has 9 nitrogen and oxygen atoms in total. The number of hydrogen-bond acceptors (Lipinski definition) is 9. The third-order valence-electron chi connectivity index (χ3n) is 9.52. The second kappa shape index (κ2) is 14.3. The molecule has 0 saturated carbocycles. The zero-order chi connectivity index (χ0) is 33.1. The first-order valence-electron chi connectivity index (χ1n) is 16.5. The number of benzene rings is 1. The number of amides is 1. The Bertz CT molecular complexity index is 1700. The number of nitrogens with one attached hydrogen (secondary N) is 1. The average molecular weight is 662 g/mol. The Morgan fingerprint density at radius 3 is 2.62 bits per heavy atom. The summed E-state index contributed by atoms with van der Waals surface area (Å²) in [6.45, 7) is 9.26. The van der Waals surface area contributed by atoms with Gasteiger partial charge in [-0.15, -0.1) is 0 Å². The summed E-state index contributed by atoms with van der Waals surface area (Å²) in [4.78, 5) is 30.9. The van der Waals surface area contributed by atoms with Crippen molar-refractivity contribution >= 4 is 27.6 Å². The lowest BCUT2D eigenvalue weighted by atomic mass is 9.71. The van der Waals surface area contributed by atoms with Crippen molar-refractivity contribution < 1.29 is 23.8 Å². The molecule has 1 unspecified atom stereocenters. The van der Waals surface area contributed by atoms with Gasteiger partial charge in [-0.25, -0.2) is 14.4 Å². The van der Waals surface area contributed by atoms with E-state index in [4.69, 9.17) is 19.4 Å². The summed E-state index contributed by atoms with van der Waals surface area (Å²) in [5.74, 6) is -0.125. The number of aliphatic hydroxyl groups is 1. The number of ether oxygens (including phenoxy) is 2. The lowest BCUT2D eigenvalue weighted by Crippen LogP contribution is -2.38. The summed E-state index contributed by atoms with van der Waals surface area (Å²) in [5.41, 5.74) is 5.54. The maximum Gasteiger partial charge on any atom is 0.280 e. The highest BCUT2D eigenvalue weighted by atomic mass is 32.1. The van der Waals surface area contributed by atoms with E-state index in [-0.39, 0.29) is 36.0 Å². The molecule has 1 aromatic carbocycles. The maximum atomic E-state index is 14.6. The number of aromatic nitrogens is 3. The van der Waals surface area contributed by atoms with Gasteiger partial charge in [-0.1, -0.05) is 56.4 Å². The van der Waals surface area contributed by atoms with Gasteiger partial charge in [0.2, 0.25) is 0 Å². The molecule has 4 heterocycles. The van der Waals surface area contributed by atoms with Crippen LogP contribution in [-0.4, -0.2) is 70.5 Å². The molecule has 1 fully saturated rings. The molecule has 47 heavy (non-hydrogen) atoms. The minimum atomic E-state index is -0.520. The highest BCUT2D eigenvalue weighted by Crippen LogP contribution is 2.38.